The van der Waals surface area contributed by atoms with E-state index in [4.69, 9.17) is 29.2 Å². The van der Waals surface area contributed by atoms with Gasteiger partial charge >= 0.3 is 0 Å². The number of aliphatic hydroxyl groups excluding tert-OH is 2. The fourth-order valence-corrected chi connectivity index (χ4v) is 7.49. The molecular formula is C38H46N4O15. The molecule has 19 nitrogen and oxygen atoms in total. The number of hydrogen-bond donors (Lipinski definition) is 6. The van der Waals surface area contributed by atoms with Gasteiger partial charge in [-0.3, -0.25) is 24.0 Å². The monoisotopic (exact) mass is 798 g/mol. The highest BCUT2D eigenvalue weighted by atomic mass is 16.7. The van der Waals surface area contributed by atoms with E-state index in [0.717, 1.165) is 0 Å². The van der Waals surface area contributed by atoms with Gasteiger partial charge in [-0.05, 0) is 24.4 Å². The number of ketones is 4. The van der Waals surface area contributed by atoms with Crippen LogP contribution in [0.15, 0.2) is 23.3 Å². The van der Waals surface area contributed by atoms with Crippen molar-refractivity contribution in [1.29, 1.82) is 0 Å². The Morgan fingerprint density at radius 3 is 2.46 bits per heavy atom. The quantitative estimate of drug-likeness (QED) is 0.0329. The van der Waals surface area contributed by atoms with Crippen LogP contribution >= 0.6 is 0 Å². The second kappa shape index (κ2) is 19.0. The summed E-state index contributed by atoms with van der Waals surface area (Å²) in [7, 11) is 1.30. The summed E-state index contributed by atoms with van der Waals surface area (Å²) in [6.07, 6.45) is -6.41. The Balaban J connectivity index is 1.28. The Labute approximate surface area is 326 Å². The number of rotatable bonds is 19. The van der Waals surface area contributed by atoms with Crippen molar-refractivity contribution in [2.75, 3.05) is 53.2 Å². The molecule has 0 aromatic heterocycles. The largest absolute Gasteiger partial charge is 0.507 e. The molecule has 0 saturated carbocycles. The van der Waals surface area contributed by atoms with Gasteiger partial charge in [0.1, 0.15) is 35.2 Å². The smallest absolute Gasteiger partial charge is 0.220 e. The van der Waals surface area contributed by atoms with Gasteiger partial charge in [-0.15, -0.1) is 0 Å². The lowest BCUT2D eigenvalue weighted by Crippen LogP contribution is -2.49. The molecule has 1 amide bonds. The van der Waals surface area contributed by atoms with Gasteiger partial charge in [0.25, 0.3) is 0 Å². The van der Waals surface area contributed by atoms with E-state index >= 15 is 0 Å². The van der Waals surface area contributed by atoms with Gasteiger partial charge in [0.2, 0.25) is 11.7 Å². The third-order valence-corrected chi connectivity index (χ3v) is 10.3. The average molecular weight is 799 g/mol. The lowest BCUT2D eigenvalue weighted by molar-refractivity contribution is -0.257. The Bertz CT molecular complexity index is 1930. The van der Waals surface area contributed by atoms with E-state index in [0.29, 0.717) is 0 Å². The van der Waals surface area contributed by atoms with E-state index in [1.807, 2.05) is 0 Å². The second-order valence-electron chi connectivity index (χ2n) is 14.0. The van der Waals surface area contributed by atoms with Crippen molar-refractivity contribution in [2.24, 2.45) is 11.0 Å². The molecular weight excluding hydrogens is 752 g/mol. The van der Waals surface area contributed by atoms with Crippen molar-refractivity contribution in [3.05, 3.63) is 62.0 Å². The number of benzene rings is 2. The first-order chi connectivity index (χ1) is 27.3. The summed E-state index contributed by atoms with van der Waals surface area (Å²) < 4.78 is 28.0. The normalized spacial score (nSPS) is 23.8. The minimum atomic E-state index is -2.35. The Kier molecular flexibility index (Phi) is 14.4. The van der Waals surface area contributed by atoms with E-state index in [-0.39, 0.29) is 105 Å². The highest BCUT2D eigenvalue weighted by Crippen LogP contribution is 2.52. The molecule has 19 heteroatoms. The second-order valence-corrected chi connectivity index (χ2v) is 14.0. The topological polar surface area (TPSA) is 293 Å². The van der Waals surface area contributed by atoms with Gasteiger partial charge in [0.15, 0.2) is 17.9 Å². The van der Waals surface area contributed by atoms with Crippen LogP contribution in [0.2, 0.25) is 0 Å². The predicted octanol–water partition coefficient (Wildman–Crippen LogP) is 1.49. The molecule has 0 radical (unpaired) electrons. The number of Topliss-reactive ketones (excluding diaryl/α,β-unsaturated/α-hetero) is 2. The lowest BCUT2D eigenvalue weighted by atomic mass is 9.72. The zero-order valence-electron chi connectivity index (χ0n) is 31.5. The van der Waals surface area contributed by atoms with E-state index in [1.54, 1.807) is 0 Å². The number of fused-ring (bicyclic) bond motifs is 3. The first-order valence-electron chi connectivity index (χ1n) is 18.4. The SMILES string of the molecule is COc1cccc2c1C(=O)c1c(O)c3c(c(O)c1C2=O)C[C@@](O)(C(=O)CO)C[C@@H]3OC1C[C@H](CC(=O)CCC(=O)NCCOCCOCCN=[N+]=[N-])[C@H](O)[C@H](C)O1. The third kappa shape index (κ3) is 9.43. The molecule has 0 bridgehead atoms. The van der Waals surface area contributed by atoms with Crippen LogP contribution in [-0.2, 0) is 39.8 Å². The van der Waals surface area contributed by atoms with Crippen LogP contribution in [0.4, 0.5) is 0 Å². The zero-order valence-corrected chi connectivity index (χ0v) is 31.5. The maximum Gasteiger partial charge on any atom is 0.220 e. The number of aromatic hydroxyl groups is 2. The van der Waals surface area contributed by atoms with Crippen molar-refractivity contribution in [2.45, 2.75) is 75.7 Å². The van der Waals surface area contributed by atoms with Gasteiger partial charge in [-0.1, -0.05) is 17.2 Å². The Morgan fingerprint density at radius 2 is 1.75 bits per heavy atom. The van der Waals surface area contributed by atoms with Crippen LogP contribution in [-0.4, -0.2) is 132 Å². The number of nitrogens with one attached hydrogen (secondary N) is 1. The molecule has 57 heavy (non-hydrogen) atoms. The standard InChI is InChI=1S/C38H46N4O15/c1-19-33(47)20(14-21(44)6-7-27(46)40-8-10-54-12-13-55-11-9-41-42-39)15-28(56-19)57-25-17-38(52,26(45)18-43)16-23-30(25)37(51)32-31(35(23)49)34(48)22-4-3-5-24(53-2)29(22)36(32)50/h3-5,19-20,25,28,33,43,47,49,51-52H,6-18H2,1-2H3,(H,40,46)/t19-,20-,25-,28?,33+,38-/m0/s1. The first-order valence-corrected chi connectivity index (χ1v) is 18.4. The number of methoxy groups -OCH3 is 1. The van der Waals surface area contributed by atoms with Gasteiger partial charge in [0, 0.05) is 73.2 Å². The summed E-state index contributed by atoms with van der Waals surface area (Å²) in [5.74, 6) is -5.55. The Hall–Kier alpha value is -4.98. The highest BCUT2D eigenvalue weighted by molar-refractivity contribution is 6.31. The number of phenolic OH excluding ortho intramolecular Hbond substituents is 2. The van der Waals surface area contributed by atoms with Gasteiger partial charge < -0.3 is 54.5 Å². The molecule has 5 rings (SSSR count). The fraction of sp³-hybridized carbons (Fsp3) is 0.553. The summed E-state index contributed by atoms with van der Waals surface area (Å²) in [6.45, 7) is 1.90. The minimum Gasteiger partial charge on any atom is -0.507 e. The minimum absolute atomic E-state index is 0.0534. The molecule has 1 saturated heterocycles. The number of amides is 1. The summed E-state index contributed by atoms with van der Waals surface area (Å²) in [4.78, 5) is 68.5. The summed E-state index contributed by atoms with van der Waals surface area (Å²) >= 11 is 0. The van der Waals surface area contributed by atoms with Crippen molar-refractivity contribution < 1.29 is 73.2 Å². The van der Waals surface area contributed by atoms with Crippen LogP contribution in [0.3, 0.4) is 0 Å². The van der Waals surface area contributed by atoms with Gasteiger partial charge in [0.05, 0.1) is 68.5 Å². The first kappa shape index (κ1) is 43.1. The van der Waals surface area contributed by atoms with Crippen LogP contribution in [0, 0.1) is 5.92 Å². The molecule has 1 unspecified atom stereocenters. The molecule has 1 aliphatic heterocycles. The highest BCUT2D eigenvalue weighted by Gasteiger charge is 2.50. The molecule has 6 N–H and O–H groups in total. The number of nitrogens with zero attached hydrogens (tertiary/aromatic N) is 3. The van der Waals surface area contributed by atoms with Gasteiger partial charge in [-0.25, -0.2) is 0 Å². The predicted molar refractivity (Wildman–Crippen MR) is 195 cm³/mol. The molecule has 2 aromatic carbocycles. The number of phenols is 2. The molecule has 2 aromatic rings. The maximum atomic E-state index is 13.9. The van der Waals surface area contributed by atoms with Crippen LogP contribution in [0.5, 0.6) is 17.2 Å². The summed E-state index contributed by atoms with van der Waals surface area (Å²) in [5, 5.41) is 61.5. The number of azide groups is 1. The number of ether oxygens (including phenoxy) is 5. The molecule has 308 valence electrons. The summed E-state index contributed by atoms with van der Waals surface area (Å²) in [5.41, 5.74) is 4.13. The van der Waals surface area contributed by atoms with Crippen molar-refractivity contribution in [3.63, 3.8) is 0 Å². The Morgan fingerprint density at radius 1 is 1.04 bits per heavy atom. The number of hydrogen-bond acceptors (Lipinski definition) is 16. The molecule has 0 spiro atoms. The van der Waals surface area contributed by atoms with Crippen LogP contribution in [0.1, 0.15) is 88.1 Å². The maximum absolute atomic E-state index is 13.9. The van der Waals surface area contributed by atoms with E-state index in [2.05, 4.69) is 15.3 Å². The molecule has 3 aliphatic rings. The lowest BCUT2D eigenvalue weighted by Gasteiger charge is -2.42. The molecule has 1 heterocycles. The van der Waals surface area contributed by atoms with Gasteiger partial charge in [-0.2, -0.15) is 0 Å². The zero-order chi connectivity index (χ0) is 41.4. The van der Waals surface area contributed by atoms with E-state index in [1.165, 1.54) is 32.2 Å². The van der Waals surface area contributed by atoms with Crippen LogP contribution in [0.25, 0.3) is 10.4 Å². The van der Waals surface area contributed by atoms with Crippen LogP contribution < -0.4 is 10.1 Å². The molecule has 2 aliphatic carbocycles. The molecule has 6 atom stereocenters. The van der Waals surface area contributed by atoms with E-state index < -0.39 is 95.5 Å². The number of carbonyl (C=O) groups excluding carboxylic acids is 5. The van der Waals surface area contributed by atoms with Crippen molar-refractivity contribution >= 4 is 29.0 Å². The average Bonchev–Trinajstić information content (AvgIpc) is 3.19. The van der Waals surface area contributed by atoms with Crippen molar-refractivity contribution in [3.8, 4) is 17.2 Å². The number of aliphatic hydroxyl groups is 3. The number of carbonyl (C=O) groups is 5. The summed E-state index contributed by atoms with van der Waals surface area (Å²) in [6, 6.07) is 4.29. The van der Waals surface area contributed by atoms with E-state index in [9.17, 15) is 49.5 Å². The fourth-order valence-electron chi connectivity index (χ4n) is 7.49. The molecule has 1 fully saturated rings. The van der Waals surface area contributed by atoms with Crippen molar-refractivity contribution in [1.82, 2.24) is 5.32 Å². The third-order valence-electron chi connectivity index (χ3n) is 10.3.